The first kappa shape index (κ1) is 18.8. The molecule has 0 unspecified atom stereocenters. The third-order valence-corrected chi connectivity index (χ3v) is 6.22. The lowest BCUT2D eigenvalue weighted by Gasteiger charge is -2.29. The molecule has 3 atom stereocenters. The van der Waals surface area contributed by atoms with Crippen molar-refractivity contribution < 1.29 is 4.74 Å². The highest BCUT2D eigenvalue weighted by Crippen LogP contribution is 2.26. The molecule has 2 aliphatic rings. The zero-order chi connectivity index (χ0) is 17.8. The van der Waals surface area contributed by atoms with Crippen LogP contribution in [-0.4, -0.2) is 70.0 Å². The fourth-order valence-corrected chi connectivity index (χ4v) is 4.18. The fraction of sp³-hybridized carbons (Fsp3) is 0.895. The maximum atomic E-state index is 6.19. The first-order valence-electron chi connectivity index (χ1n) is 9.93. The van der Waals surface area contributed by atoms with E-state index < -0.39 is 0 Å². The SMILES string of the molecule is Cc1nnc(CN(C)[C@@H]2CCN(CCO[C@@H]3CCCC[C@@H]3C)C2)n1C. The van der Waals surface area contributed by atoms with Gasteiger partial charge in [0, 0.05) is 26.2 Å². The molecule has 1 aliphatic heterocycles. The van der Waals surface area contributed by atoms with E-state index in [1.165, 1.54) is 38.6 Å². The van der Waals surface area contributed by atoms with Crippen LogP contribution in [0.3, 0.4) is 0 Å². The maximum Gasteiger partial charge on any atom is 0.146 e. The Labute approximate surface area is 152 Å². The van der Waals surface area contributed by atoms with Crippen molar-refractivity contribution in [2.45, 2.75) is 64.6 Å². The summed E-state index contributed by atoms with van der Waals surface area (Å²) < 4.78 is 8.28. The van der Waals surface area contributed by atoms with Crippen LogP contribution in [0.25, 0.3) is 0 Å². The summed E-state index contributed by atoms with van der Waals surface area (Å²) in [6.07, 6.45) is 7.04. The van der Waals surface area contributed by atoms with Crippen LogP contribution in [0.2, 0.25) is 0 Å². The van der Waals surface area contributed by atoms with Crippen molar-refractivity contribution in [3.63, 3.8) is 0 Å². The van der Waals surface area contributed by atoms with Crippen molar-refractivity contribution in [1.82, 2.24) is 24.6 Å². The van der Waals surface area contributed by atoms with Crippen LogP contribution in [0.4, 0.5) is 0 Å². The molecule has 1 aromatic heterocycles. The van der Waals surface area contributed by atoms with Crippen LogP contribution < -0.4 is 0 Å². The molecule has 2 heterocycles. The summed E-state index contributed by atoms with van der Waals surface area (Å²) >= 11 is 0. The van der Waals surface area contributed by atoms with Gasteiger partial charge in [0.05, 0.1) is 19.3 Å². The van der Waals surface area contributed by atoms with E-state index in [-0.39, 0.29) is 0 Å². The molecule has 2 fully saturated rings. The lowest BCUT2D eigenvalue weighted by atomic mass is 9.88. The molecule has 1 saturated carbocycles. The van der Waals surface area contributed by atoms with E-state index in [9.17, 15) is 0 Å². The molecular weight excluding hydrogens is 314 g/mol. The molecule has 0 N–H and O–H groups in total. The lowest BCUT2D eigenvalue weighted by Crippen LogP contribution is -2.36. The standard InChI is InChI=1S/C19H35N5O/c1-15-7-5-6-8-18(15)25-12-11-24-10-9-17(13-24)22(3)14-19-21-20-16(2)23(19)4/h15,17-18H,5-14H2,1-4H3/t15-,17+,18+/m0/s1. The van der Waals surface area contributed by atoms with Crippen molar-refractivity contribution in [3.05, 3.63) is 11.6 Å². The highest BCUT2D eigenvalue weighted by Gasteiger charge is 2.27. The molecule has 0 aromatic carbocycles. The van der Waals surface area contributed by atoms with Gasteiger partial charge in [-0.3, -0.25) is 9.80 Å². The van der Waals surface area contributed by atoms with Gasteiger partial charge >= 0.3 is 0 Å². The predicted molar refractivity (Wildman–Crippen MR) is 99.4 cm³/mol. The van der Waals surface area contributed by atoms with E-state index in [1.54, 1.807) is 0 Å². The first-order valence-corrected chi connectivity index (χ1v) is 9.93. The summed E-state index contributed by atoms with van der Waals surface area (Å²) in [5, 5.41) is 8.45. The number of likely N-dealkylation sites (tertiary alicyclic amines) is 1. The summed E-state index contributed by atoms with van der Waals surface area (Å²) in [6.45, 7) is 9.48. The minimum absolute atomic E-state index is 0.494. The van der Waals surface area contributed by atoms with Gasteiger partial charge in [-0.2, -0.15) is 0 Å². The Morgan fingerprint density at radius 1 is 1.20 bits per heavy atom. The van der Waals surface area contributed by atoms with Gasteiger partial charge in [-0.05, 0) is 45.7 Å². The summed E-state index contributed by atoms with van der Waals surface area (Å²) in [7, 11) is 4.25. The van der Waals surface area contributed by atoms with E-state index >= 15 is 0 Å². The molecule has 3 rings (SSSR count). The predicted octanol–water partition coefficient (Wildman–Crippen LogP) is 2.22. The average molecular weight is 350 g/mol. The lowest BCUT2D eigenvalue weighted by molar-refractivity contribution is -0.0124. The number of ether oxygens (including phenoxy) is 1. The second-order valence-electron chi connectivity index (χ2n) is 8.05. The second-order valence-corrected chi connectivity index (χ2v) is 8.05. The van der Waals surface area contributed by atoms with Crippen LogP contribution in [0.15, 0.2) is 0 Å². The number of likely N-dealkylation sites (N-methyl/N-ethyl adjacent to an activating group) is 1. The summed E-state index contributed by atoms with van der Waals surface area (Å²) in [5.41, 5.74) is 0. The third-order valence-electron chi connectivity index (χ3n) is 6.22. The Hall–Kier alpha value is -0.980. The number of rotatable bonds is 7. The van der Waals surface area contributed by atoms with Crippen LogP contribution >= 0.6 is 0 Å². The Balaban J connectivity index is 1.38. The van der Waals surface area contributed by atoms with E-state index in [0.717, 1.165) is 43.8 Å². The topological polar surface area (TPSA) is 46.4 Å². The molecule has 0 amide bonds. The van der Waals surface area contributed by atoms with Crippen molar-refractivity contribution in [2.24, 2.45) is 13.0 Å². The van der Waals surface area contributed by atoms with Gasteiger partial charge in [0.1, 0.15) is 11.6 Å². The van der Waals surface area contributed by atoms with Crippen molar-refractivity contribution in [2.75, 3.05) is 33.3 Å². The summed E-state index contributed by atoms with van der Waals surface area (Å²) in [6, 6.07) is 0.602. The van der Waals surface area contributed by atoms with Gasteiger partial charge in [-0.1, -0.05) is 19.8 Å². The maximum absolute atomic E-state index is 6.19. The molecule has 6 nitrogen and oxygen atoms in total. The Morgan fingerprint density at radius 2 is 2.00 bits per heavy atom. The van der Waals surface area contributed by atoms with Gasteiger partial charge in [0.25, 0.3) is 0 Å². The Morgan fingerprint density at radius 3 is 2.72 bits per heavy atom. The monoisotopic (exact) mass is 349 g/mol. The van der Waals surface area contributed by atoms with Crippen molar-refractivity contribution >= 4 is 0 Å². The molecule has 1 saturated heterocycles. The fourth-order valence-electron chi connectivity index (χ4n) is 4.18. The van der Waals surface area contributed by atoms with Gasteiger partial charge in [-0.25, -0.2) is 0 Å². The van der Waals surface area contributed by atoms with Crippen LogP contribution in [0.1, 0.15) is 50.7 Å². The number of aryl methyl sites for hydroxylation is 1. The van der Waals surface area contributed by atoms with Gasteiger partial charge in [0.15, 0.2) is 0 Å². The van der Waals surface area contributed by atoms with Crippen LogP contribution in [0, 0.1) is 12.8 Å². The number of nitrogens with zero attached hydrogens (tertiary/aromatic N) is 5. The van der Waals surface area contributed by atoms with E-state index in [0.29, 0.717) is 12.1 Å². The molecule has 6 heteroatoms. The molecule has 0 radical (unpaired) electrons. The highest BCUT2D eigenvalue weighted by atomic mass is 16.5. The van der Waals surface area contributed by atoms with Crippen molar-refractivity contribution in [3.8, 4) is 0 Å². The molecular formula is C19H35N5O. The summed E-state index contributed by atoms with van der Waals surface area (Å²) in [5.74, 6) is 2.76. The second kappa shape index (κ2) is 8.60. The summed E-state index contributed by atoms with van der Waals surface area (Å²) in [4.78, 5) is 4.98. The van der Waals surface area contributed by atoms with E-state index in [1.807, 2.05) is 14.0 Å². The largest absolute Gasteiger partial charge is 0.377 e. The van der Waals surface area contributed by atoms with E-state index in [2.05, 4.69) is 38.5 Å². The molecule has 142 valence electrons. The molecule has 25 heavy (non-hydrogen) atoms. The minimum Gasteiger partial charge on any atom is -0.377 e. The zero-order valence-corrected chi connectivity index (χ0v) is 16.4. The average Bonchev–Trinajstić information content (AvgIpc) is 3.19. The van der Waals surface area contributed by atoms with E-state index in [4.69, 9.17) is 4.74 Å². The van der Waals surface area contributed by atoms with Gasteiger partial charge in [-0.15, -0.1) is 10.2 Å². The Kier molecular flexibility index (Phi) is 6.47. The zero-order valence-electron chi connectivity index (χ0n) is 16.4. The molecule has 1 aliphatic carbocycles. The molecule has 1 aromatic rings. The highest BCUT2D eigenvalue weighted by molar-refractivity contribution is 4.94. The van der Waals surface area contributed by atoms with Crippen LogP contribution in [-0.2, 0) is 18.3 Å². The van der Waals surface area contributed by atoms with Gasteiger partial charge < -0.3 is 9.30 Å². The van der Waals surface area contributed by atoms with Crippen molar-refractivity contribution in [1.29, 1.82) is 0 Å². The minimum atomic E-state index is 0.494. The third kappa shape index (κ3) is 4.80. The first-order chi connectivity index (χ1) is 12.0. The number of hydrogen-bond donors (Lipinski definition) is 0. The van der Waals surface area contributed by atoms with Crippen LogP contribution in [0.5, 0.6) is 0 Å². The number of hydrogen-bond acceptors (Lipinski definition) is 5. The number of aromatic nitrogens is 3. The molecule has 0 spiro atoms. The quantitative estimate of drug-likeness (QED) is 0.755. The smallest absolute Gasteiger partial charge is 0.146 e. The Bertz CT molecular complexity index is 546. The molecule has 0 bridgehead atoms. The normalized spacial score (nSPS) is 28.1. The van der Waals surface area contributed by atoms with Gasteiger partial charge in [0.2, 0.25) is 0 Å².